The van der Waals surface area contributed by atoms with Gasteiger partial charge in [0.25, 0.3) is 0 Å². The van der Waals surface area contributed by atoms with E-state index in [1.54, 1.807) is 0 Å². The lowest BCUT2D eigenvalue weighted by molar-refractivity contribution is 0.0301. The minimum absolute atomic E-state index is 0. The number of ether oxygens (including phenoxy) is 2. The summed E-state index contributed by atoms with van der Waals surface area (Å²) in [5.74, 6) is 2.60. The van der Waals surface area contributed by atoms with Crippen LogP contribution in [0.5, 0.6) is 5.75 Å². The van der Waals surface area contributed by atoms with Crippen LogP contribution < -0.4 is 15.4 Å². The first-order valence-corrected chi connectivity index (χ1v) is 10.4. The number of hydrogen-bond donors (Lipinski definition) is 3. The number of aliphatic hydroxyl groups excluding tert-OH is 1. The van der Waals surface area contributed by atoms with E-state index in [2.05, 4.69) is 29.5 Å². The summed E-state index contributed by atoms with van der Waals surface area (Å²) in [5, 5.41) is 17.6. The van der Waals surface area contributed by atoms with Crippen molar-refractivity contribution in [1.29, 1.82) is 0 Å². The fourth-order valence-corrected chi connectivity index (χ4v) is 2.82. The molecule has 1 heterocycles. The summed E-state index contributed by atoms with van der Waals surface area (Å²) in [6.07, 6.45) is -0.639. The van der Waals surface area contributed by atoms with Gasteiger partial charge in [0.05, 0.1) is 31.9 Å². The van der Waals surface area contributed by atoms with Crippen molar-refractivity contribution in [2.24, 2.45) is 10.9 Å². The van der Waals surface area contributed by atoms with Gasteiger partial charge in [0.2, 0.25) is 0 Å². The second-order valence-electron chi connectivity index (χ2n) is 7.43. The maximum atomic E-state index is 10.1. The van der Waals surface area contributed by atoms with Gasteiger partial charge in [0.15, 0.2) is 17.3 Å². The molecule has 0 amide bonds. The molecule has 30 heavy (non-hydrogen) atoms. The summed E-state index contributed by atoms with van der Waals surface area (Å²) in [6, 6.07) is 7.77. The van der Waals surface area contributed by atoms with Crippen molar-refractivity contribution in [3.05, 3.63) is 30.0 Å². The summed E-state index contributed by atoms with van der Waals surface area (Å²) in [4.78, 5) is 4.48. The summed E-state index contributed by atoms with van der Waals surface area (Å²) in [7, 11) is 0. The quantitative estimate of drug-likeness (QED) is 0.229. The Morgan fingerprint density at radius 2 is 1.97 bits per heavy atom. The van der Waals surface area contributed by atoms with E-state index in [-0.39, 0.29) is 43.2 Å². The number of benzene rings is 1. The fourth-order valence-electron chi connectivity index (χ4n) is 2.82. The Morgan fingerprint density at radius 3 is 2.63 bits per heavy atom. The van der Waals surface area contributed by atoms with Crippen molar-refractivity contribution >= 4 is 40.9 Å². The first-order chi connectivity index (χ1) is 13.9. The SMILES string of the molecule is CCNC(=NCC(O)COCC(C)C)NC(C)c1cc2cccc(OCC)c2o1.I. The van der Waals surface area contributed by atoms with Crippen molar-refractivity contribution in [2.45, 2.75) is 46.8 Å². The summed E-state index contributed by atoms with van der Waals surface area (Å²) < 4.78 is 17.2. The number of nitrogens with zero attached hydrogens (tertiary/aromatic N) is 1. The van der Waals surface area contributed by atoms with Crippen LogP contribution in [0.15, 0.2) is 33.7 Å². The molecule has 0 fully saturated rings. The highest BCUT2D eigenvalue weighted by molar-refractivity contribution is 14.0. The maximum absolute atomic E-state index is 10.1. The van der Waals surface area contributed by atoms with Crippen LogP contribution in [0.3, 0.4) is 0 Å². The molecule has 2 atom stereocenters. The number of aliphatic hydroxyl groups is 1. The third kappa shape index (κ3) is 8.31. The number of para-hydroxylation sites is 1. The third-order valence-corrected chi connectivity index (χ3v) is 4.17. The van der Waals surface area contributed by atoms with Gasteiger partial charge in [-0.3, -0.25) is 4.99 Å². The molecule has 1 aromatic heterocycles. The molecule has 7 nitrogen and oxygen atoms in total. The molecule has 3 N–H and O–H groups in total. The first kappa shape index (κ1) is 26.5. The Labute approximate surface area is 196 Å². The Morgan fingerprint density at radius 1 is 1.20 bits per heavy atom. The van der Waals surface area contributed by atoms with E-state index in [1.807, 2.05) is 45.0 Å². The highest BCUT2D eigenvalue weighted by Crippen LogP contribution is 2.31. The van der Waals surface area contributed by atoms with Gasteiger partial charge in [-0.05, 0) is 38.8 Å². The zero-order chi connectivity index (χ0) is 21.2. The van der Waals surface area contributed by atoms with Crippen LogP contribution in [0.4, 0.5) is 0 Å². The number of fused-ring (bicyclic) bond motifs is 1. The van der Waals surface area contributed by atoms with Crippen molar-refractivity contribution in [1.82, 2.24) is 10.6 Å². The number of furan rings is 1. The number of halogens is 1. The number of guanidine groups is 1. The van der Waals surface area contributed by atoms with Gasteiger partial charge in [-0.25, -0.2) is 0 Å². The van der Waals surface area contributed by atoms with Crippen molar-refractivity contribution in [3.63, 3.8) is 0 Å². The smallest absolute Gasteiger partial charge is 0.191 e. The van der Waals surface area contributed by atoms with E-state index in [4.69, 9.17) is 13.9 Å². The highest BCUT2D eigenvalue weighted by atomic mass is 127. The van der Waals surface area contributed by atoms with Crippen LogP contribution in [-0.2, 0) is 4.74 Å². The lowest BCUT2D eigenvalue weighted by atomic mass is 10.2. The summed E-state index contributed by atoms with van der Waals surface area (Å²) in [6.45, 7) is 12.6. The fraction of sp³-hybridized carbons (Fsp3) is 0.591. The number of hydrogen-bond acceptors (Lipinski definition) is 5. The average Bonchev–Trinajstić information content (AvgIpc) is 3.12. The molecule has 2 unspecified atom stereocenters. The summed E-state index contributed by atoms with van der Waals surface area (Å²) >= 11 is 0. The predicted octanol–water partition coefficient (Wildman–Crippen LogP) is 4.10. The van der Waals surface area contributed by atoms with E-state index < -0.39 is 6.10 Å². The molecule has 0 aliphatic rings. The molecule has 0 aliphatic carbocycles. The third-order valence-electron chi connectivity index (χ3n) is 4.17. The van der Waals surface area contributed by atoms with Crippen LogP contribution >= 0.6 is 24.0 Å². The Hall–Kier alpha value is -1.52. The van der Waals surface area contributed by atoms with E-state index in [0.717, 1.165) is 22.5 Å². The van der Waals surface area contributed by atoms with Gasteiger partial charge >= 0.3 is 0 Å². The topological polar surface area (TPSA) is 88.3 Å². The molecule has 0 radical (unpaired) electrons. The molecular weight excluding hydrogens is 497 g/mol. The molecule has 0 saturated heterocycles. The predicted molar refractivity (Wildman–Crippen MR) is 132 cm³/mol. The molecular formula is C22H36IN3O4. The van der Waals surface area contributed by atoms with Gasteiger partial charge in [-0.15, -0.1) is 24.0 Å². The molecule has 2 aromatic rings. The molecule has 0 bridgehead atoms. The molecule has 2 rings (SSSR count). The maximum Gasteiger partial charge on any atom is 0.191 e. The van der Waals surface area contributed by atoms with Crippen LogP contribution in [0, 0.1) is 5.92 Å². The van der Waals surface area contributed by atoms with Gasteiger partial charge < -0.3 is 29.6 Å². The second-order valence-corrected chi connectivity index (χ2v) is 7.43. The minimum Gasteiger partial charge on any atom is -0.490 e. The first-order valence-electron chi connectivity index (χ1n) is 10.4. The van der Waals surface area contributed by atoms with Crippen molar-refractivity contribution in [3.8, 4) is 5.75 Å². The van der Waals surface area contributed by atoms with Crippen LogP contribution in [0.2, 0.25) is 0 Å². The van der Waals surface area contributed by atoms with Crippen LogP contribution in [0.1, 0.15) is 46.4 Å². The number of aliphatic imine (C=N–C) groups is 1. The van der Waals surface area contributed by atoms with Gasteiger partial charge in [0.1, 0.15) is 5.76 Å². The van der Waals surface area contributed by atoms with Crippen LogP contribution in [-0.4, -0.2) is 50.1 Å². The molecule has 8 heteroatoms. The normalized spacial score (nSPS) is 13.8. The largest absolute Gasteiger partial charge is 0.490 e. The van der Waals surface area contributed by atoms with E-state index in [9.17, 15) is 5.11 Å². The van der Waals surface area contributed by atoms with Gasteiger partial charge in [-0.2, -0.15) is 0 Å². The van der Waals surface area contributed by atoms with Gasteiger partial charge in [-0.1, -0.05) is 26.0 Å². The Bertz CT molecular complexity index is 779. The molecule has 170 valence electrons. The molecule has 0 spiro atoms. The monoisotopic (exact) mass is 533 g/mol. The van der Waals surface area contributed by atoms with Gasteiger partial charge in [0, 0.05) is 18.5 Å². The Balaban J connectivity index is 0.00000450. The lowest BCUT2D eigenvalue weighted by Gasteiger charge is -2.17. The molecule has 0 saturated carbocycles. The second kappa shape index (κ2) is 13.7. The average molecular weight is 533 g/mol. The zero-order valence-corrected chi connectivity index (χ0v) is 20.9. The minimum atomic E-state index is -0.639. The molecule has 0 aliphatic heterocycles. The van der Waals surface area contributed by atoms with E-state index in [0.29, 0.717) is 31.6 Å². The Kier molecular flexibility index (Phi) is 12.1. The van der Waals surface area contributed by atoms with Crippen molar-refractivity contribution < 1.29 is 19.0 Å². The lowest BCUT2D eigenvalue weighted by Crippen LogP contribution is -2.39. The zero-order valence-electron chi connectivity index (χ0n) is 18.6. The number of nitrogens with one attached hydrogen (secondary N) is 2. The van der Waals surface area contributed by atoms with Crippen LogP contribution in [0.25, 0.3) is 11.0 Å². The summed E-state index contributed by atoms with van der Waals surface area (Å²) in [5.41, 5.74) is 0.748. The van der Waals surface area contributed by atoms with E-state index >= 15 is 0 Å². The highest BCUT2D eigenvalue weighted by Gasteiger charge is 2.16. The molecule has 1 aromatic carbocycles. The van der Waals surface area contributed by atoms with Crippen molar-refractivity contribution in [2.75, 3.05) is 32.9 Å². The van der Waals surface area contributed by atoms with E-state index in [1.165, 1.54) is 0 Å². The standard InChI is InChI=1S/C22H35N3O4.HI/c1-6-23-22(24-12-18(26)14-27-13-15(3)4)25-16(5)20-11-17-9-8-10-19(28-7-2)21(17)29-20;/h8-11,15-16,18,26H,6-7,12-14H2,1-5H3,(H2,23,24,25);1H. The number of rotatable bonds is 11.